The van der Waals surface area contributed by atoms with Gasteiger partial charge in [-0.25, -0.2) is 9.78 Å². The zero-order valence-corrected chi connectivity index (χ0v) is 10.4. The number of nitrogens with one attached hydrogen (secondary N) is 1. The lowest BCUT2D eigenvalue weighted by Gasteiger charge is -2.20. The molecule has 1 aliphatic heterocycles. The molecular weight excluding hydrogens is 232 g/mol. The number of pyridine rings is 1. The van der Waals surface area contributed by atoms with Crippen LogP contribution in [0.2, 0.25) is 0 Å². The monoisotopic (exact) mass is 250 g/mol. The first-order chi connectivity index (χ1) is 8.58. The quantitative estimate of drug-likeness (QED) is 0.734. The minimum Gasteiger partial charge on any atom is -0.478 e. The third-order valence-electron chi connectivity index (χ3n) is 3.36. The number of nitrogen functional groups attached to an aromatic ring is 1. The summed E-state index contributed by atoms with van der Waals surface area (Å²) < 4.78 is 0. The van der Waals surface area contributed by atoms with Crippen molar-refractivity contribution < 1.29 is 9.90 Å². The average molecular weight is 250 g/mol. The minimum absolute atomic E-state index is 0.0901. The molecule has 4 N–H and O–H groups in total. The topological polar surface area (TPSA) is 91.5 Å². The Bertz CT molecular complexity index is 450. The number of aromatic nitrogens is 1. The summed E-state index contributed by atoms with van der Waals surface area (Å²) in [7, 11) is 2.10. The van der Waals surface area contributed by atoms with E-state index in [-0.39, 0.29) is 11.3 Å². The number of nitrogens with two attached hydrogens (primary N) is 1. The van der Waals surface area contributed by atoms with Crippen LogP contribution in [0.25, 0.3) is 0 Å². The number of likely N-dealkylation sites (tertiary alicyclic amines) is 1. The Morgan fingerprint density at radius 2 is 2.50 bits per heavy atom. The Balaban J connectivity index is 2.01. The first kappa shape index (κ1) is 12.6. The number of rotatable bonds is 4. The van der Waals surface area contributed by atoms with E-state index < -0.39 is 5.97 Å². The highest BCUT2D eigenvalue weighted by molar-refractivity contribution is 5.94. The lowest BCUT2D eigenvalue weighted by molar-refractivity contribution is 0.0698. The molecule has 0 spiro atoms. The van der Waals surface area contributed by atoms with Crippen LogP contribution in [-0.2, 0) is 0 Å². The van der Waals surface area contributed by atoms with Gasteiger partial charge in [-0.1, -0.05) is 0 Å². The fraction of sp³-hybridized carbons (Fsp3) is 0.500. The standard InChI is InChI=1S/C12H18N4O2/c1-16-4-2-3-8(16)6-14-11-5-9(12(17)18)10(13)7-15-11/h5,7-8H,2-4,6,13H2,1H3,(H,14,15)(H,17,18). The largest absolute Gasteiger partial charge is 0.478 e. The molecular formula is C12H18N4O2. The molecule has 6 nitrogen and oxygen atoms in total. The Morgan fingerprint density at radius 3 is 3.11 bits per heavy atom. The molecule has 2 rings (SSSR count). The molecule has 1 aliphatic rings. The van der Waals surface area contributed by atoms with Crippen molar-refractivity contribution in [2.75, 3.05) is 31.2 Å². The van der Waals surface area contributed by atoms with E-state index >= 15 is 0 Å². The summed E-state index contributed by atoms with van der Waals surface area (Å²) in [6, 6.07) is 1.96. The van der Waals surface area contributed by atoms with Crippen molar-refractivity contribution in [3.63, 3.8) is 0 Å². The van der Waals surface area contributed by atoms with Crippen molar-refractivity contribution in [2.24, 2.45) is 0 Å². The van der Waals surface area contributed by atoms with Crippen molar-refractivity contribution in [2.45, 2.75) is 18.9 Å². The van der Waals surface area contributed by atoms with Crippen molar-refractivity contribution in [1.29, 1.82) is 0 Å². The van der Waals surface area contributed by atoms with Crippen molar-refractivity contribution in [3.05, 3.63) is 17.8 Å². The molecule has 1 aromatic rings. The number of hydrogen-bond donors (Lipinski definition) is 3. The van der Waals surface area contributed by atoms with Crippen LogP contribution in [0.1, 0.15) is 23.2 Å². The van der Waals surface area contributed by atoms with Crippen LogP contribution in [0.5, 0.6) is 0 Å². The van der Waals surface area contributed by atoms with E-state index in [9.17, 15) is 4.79 Å². The summed E-state index contributed by atoms with van der Waals surface area (Å²) in [5.74, 6) is -0.474. The average Bonchev–Trinajstić information content (AvgIpc) is 2.73. The number of likely N-dealkylation sites (N-methyl/N-ethyl adjacent to an activating group) is 1. The molecule has 0 saturated carbocycles. The van der Waals surface area contributed by atoms with Gasteiger partial charge >= 0.3 is 5.97 Å². The zero-order chi connectivity index (χ0) is 13.1. The second kappa shape index (κ2) is 5.22. The van der Waals surface area contributed by atoms with Gasteiger partial charge in [0.1, 0.15) is 5.82 Å². The van der Waals surface area contributed by atoms with Gasteiger partial charge in [-0.2, -0.15) is 0 Å². The molecule has 0 bridgehead atoms. The summed E-state index contributed by atoms with van der Waals surface area (Å²) in [5.41, 5.74) is 5.83. The molecule has 1 aromatic heterocycles. The summed E-state index contributed by atoms with van der Waals surface area (Å²) in [6.07, 6.45) is 3.74. The molecule has 0 aliphatic carbocycles. The minimum atomic E-state index is -1.03. The van der Waals surface area contributed by atoms with Gasteiger partial charge in [0, 0.05) is 12.6 Å². The molecule has 6 heteroatoms. The van der Waals surface area contributed by atoms with Crippen LogP contribution in [0.4, 0.5) is 11.5 Å². The molecule has 0 radical (unpaired) electrons. The Hall–Kier alpha value is -1.82. The second-order valence-corrected chi connectivity index (χ2v) is 4.62. The fourth-order valence-corrected chi connectivity index (χ4v) is 2.21. The molecule has 1 atom stereocenters. The summed E-state index contributed by atoms with van der Waals surface area (Å²) in [4.78, 5) is 17.3. The first-order valence-corrected chi connectivity index (χ1v) is 6.01. The van der Waals surface area contributed by atoms with Gasteiger partial charge < -0.3 is 21.1 Å². The molecule has 2 heterocycles. The normalized spacial score (nSPS) is 19.9. The van der Waals surface area contributed by atoms with E-state index in [2.05, 4.69) is 22.2 Å². The zero-order valence-electron chi connectivity index (χ0n) is 10.4. The number of carbonyl (C=O) groups is 1. The van der Waals surface area contributed by atoms with Gasteiger partial charge in [0.15, 0.2) is 0 Å². The van der Waals surface area contributed by atoms with E-state index in [4.69, 9.17) is 10.8 Å². The number of anilines is 2. The molecule has 1 fully saturated rings. The number of hydrogen-bond acceptors (Lipinski definition) is 5. The number of nitrogens with zero attached hydrogens (tertiary/aromatic N) is 2. The van der Waals surface area contributed by atoms with E-state index in [0.29, 0.717) is 11.9 Å². The van der Waals surface area contributed by atoms with Gasteiger partial charge in [-0.05, 0) is 32.5 Å². The van der Waals surface area contributed by atoms with Gasteiger partial charge in [0.05, 0.1) is 17.4 Å². The van der Waals surface area contributed by atoms with E-state index in [1.165, 1.54) is 18.7 Å². The Kier molecular flexibility index (Phi) is 3.66. The van der Waals surface area contributed by atoms with Crippen LogP contribution in [0, 0.1) is 0 Å². The highest BCUT2D eigenvalue weighted by Crippen LogP contribution is 2.17. The fourth-order valence-electron chi connectivity index (χ4n) is 2.21. The molecule has 98 valence electrons. The van der Waals surface area contributed by atoms with Crippen LogP contribution in [0.15, 0.2) is 12.3 Å². The van der Waals surface area contributed by atoms with Crippen LogP contribution in [-0.4, -0.2) is 47.1 Å². The smallest absolute Gasteiger partial charge is 0.337 e. The predicted octanol–water partition coefficient (Wildman–Crippen LogP) is 0.868. The van der Waals surface area contributed by atoms with E-state index in [1.54, 1.807) is 0 Å². The number of carboxylic acids is 1. The SMILES string of the molecule is CN1CCCC1CNc1cc(C(=O)O)c(N)cn1. The lowest BCUT2D eigenvalue weighted by atomic mass is 10.2. The highest BCUT2D eigenvalue weighted by Gasteiger charge is 2.20. The third-order valence-corrected chi connectivity index (χ3v) is 3.36. The predicted molar refractivity (Wildman–Crippen MR) is 69.8 cm³/mol. The first-order valence-electron chi connectivity index (χ1n) is 6.01. The maximum atomic E-state index is 10.9. The summed E-state index contributed by atoms with van der Waals surface area (Å²) >= 11 is 0. The third kappa shape index (κ3) is 2.70. The van der Waals surface area contributed by atoms with Gasteiger partial charge in [-0.3, -0.25) is 0 Å². The van der Waals surface area contributed by atoms with Gasteiger partial charge in [0.25, 0.3) is 0 Å². The van der Waals surface area contributed by atoms with Crippen LogP contribution >= 0.6 is 0 Å². The highest BCUT2D eigenvalue weighted by atomic mass is 16.4. The van der Waals surface area contributed by atoms with Crippen molar-refractivity contribution in [3.8, 4) is 0 Å². The maximum absolute atomic E-state index is 10.9. The maximum Gasteiger partial charge on any atom is 0.337 e. The molecule has 18 heavy (non-hydrogen) atoms. The van der Waals surface area contributed by atoms with E-state index in [0.717, 1.165) is 19.5 Å². The number of carboxylic acid groups (broad SMARTS) is 1. The Labute approximate surface area is 106 Å². The Morgan fingerprint density at radius 1 is 1.72 bits per heavy atom. The van der Waals surface area contributed by atoms with Crippen LogP contribution < -0.4 is 11.1 Å². The van der Waals surface area contributed by atoms with Crippen molar-refractivity contribution in [1.82, 2.24) is 9.88 Å². The van der Waals surface area contributed by atoms with Crippen molar-refractivity contribution >= 4 is 17.5 Å². The molecule has 1 saturated heterocycles. The van der Waals surface area contributed by atoms with Crippen LogP contribution in [0.3, 0.4) is 0 Å². The molecule has 1 unspecified atom stereocenters. The lowest BCUT2D eigenvalue weighted by Crippen LogP contribution is -2.31. The summed E-state index contributed by atoms with van der Waals surface area (Å²) in [5, 5.41) is 12.1. The second-order valence-electron chi connectivity index (χ2n) is 4.62. The van der Waals surface area contributed by atoms with E-state index in [1.807, 2.05) is 0 Å². The molecule has 0 amide bonds. The number of aromatic carboxylic acids is 1. The van der Waals surface area contributed by atoms with Gasteiger partial charge in [-0.15, -0.1) is 0 Å². The van der Waals surface area contributed by atoms with Gasteiger partial charge in [0.2, 0.25) is 0 Å². The molecule has 0 aromatic carbocycles. The summed E-state index contributed by atoms with van der Waals surface area (Å²) in [6.45, 7) is 1.88.